The second-order valence-electron chi connectivity index (χ2n) is 5.33. The van der Waals surface area contributed by atoms with Crippen LogP contribution in [0.2, 0.25) is 0 Å². The Balaban J connectivity index is 2.32. The van der Waals surface area contributed by atoms with Gasteiger partial charge < -0.3 is 24.2 Å². The van der Waals surface area contributed by atoms with E-state index >= 15 is 0 Å². The summed E-state index contributed by atoms with van der Waals surface area (Å²) in [6, 6.07) is 2.81. The molecule has 1 atom stereocenters. The van der Waals surface area contributed by atoms with Crippen LogP contribution >= 0.6 is 0 Å². The van der Waals surface area contributed by atoms with Gasteiger partial charge in [0, 0.05) is 17.7 Å². The van der Waals surface area contributed by atoms with Gasteiger partial charge >= 0.3 is 5.97 Å². The predicted octanol–water partition coefficient (Wildman–Crippen LogP) is 1.33. The van der Waals surface area contributed by atoms with Crippen LogP contribution in [0.4, 0.5) is 0 Å². The highest BCUT2D eigenvalue weighted by Crippen LogP contribution is 2.30. The minimum atomic E-state index is -0.961. The number of nitrogens with zero attached hydrogens (tertiary/aromatic N) is 1. The summed E-state index contributed by atoms with van der Waals surface area (Å²) >= 11 is 0. The highest BCUT2D eigenvalue weighted by molar-refractivity contribution is 5.96. The van der Waals surface area contributed by atoms with E-state index in [0.717, 1.165) is 5.56 Å². The first-order valence-electron chi connectivity index (χ1n) is 7.31. The number of carbonyl (C=O) groups excluding carboxylic acids is 1. The lowest BCUT2D eigenvalue weighted by Crippen LogP contribution is -2.49. The molecule has 1 unspecified atom stereocenters. The van der Waals surface area contributed by atoms with Crippen LogP contribution < -0.4 is 9.47 Å². The van der Waals surface area contributed by atoms with E-state index in [-0.39, 0.29) is 18.9 Å². The molecule has 1 heterocycles. The van der Waals surface area contributed by atoms with E-state index in [1.807, 2.05) is 6.92 Å². The number of rotatable bonds is 5. The number of carboxylic acids is 1. The normalized spacial score (nSPS) is 17.7. The Morgan fingerprint density at radius 2 is 1.91 bits per heavy atom. The molecular weight excluding hydrogens is 302 g/mol. The fourth-order valence-electron chi connectivity index (χ4n) is 2.67. The van der Waals surface area contributed by atoms with Crippen LogP contribution in [-0.4, -0.2) is 61.9 Å². The zero-order valence-corrected chi connectivity index (χ0v) is 13.5. The van der Waals surface area contributed by atoms with Crippen molar-refractivity contribution in [3.8, 4) is 11.5 Å². The molecule has 7 heteroatoms. The Labute approximate surface area is 134 Å². The quantitative estimate of drug-likeness (QED) is 0.880. The molecule has 1 aromatic rings. The number of amides is 1. The summed E-state index contributed by atoms with van der Waals surface area (Å²) in [5.74, 6) is -0.111. The van der Waals surface area contributed by atoms with Crippen molar-refractivity contribution >= 4 is 11.9 Å². The van der Waals surface area contributed by atoms with Crippen LogP contribution in [-0.2, 0) is 9.53 Å². The van der Waals surface area contributed by atoms with Crippen LogP contribution in [0, 0.1) is 6.92 Å². The Bertz CT molecular complexity index is 575. The average molecular weight is 323 g/mol. The number of morpholine rings is 1. The van der Waals surface area contributed by atoms with Gasteiger partial charge in [0.05, 0.1) is 39.9 Å². The zero-order valence-electron chi connectivity index (χ0n) is 13.5. The highest BCUT2D eigenvalue weighted by atomic mass is 16.5. The van der Waals surface area contributed by atoms with Gasteiger partial charge in [-0.2, -0.15) is 0 Å². The van der Waals surface area contributed by atoms with Gasteiger partial charge in [-0.1, -0.05) is 0 Å². The lowest BCUT2D eigenvalue weighted by Gasteiger charge is -2.35. The predicted molar refractivity (Wildman–Crippen MR) is 82.2 cm³/mol. The molecule has 1 aliphatic rings. The first-order valence-corrected chi connectivity index (χ1v) is 7.31. The van der Waals surface area contributed by atoms with Gasteiger partial charge in [-0.15, -0.1) is 0 Å². The van der Waals surface area contributed by atoms with Crippen molar-refractivity contribution in [3.63, 3.8) is 0 Å². The molecule has 0 radical (unpaired) electrons. The summed E-state index contributed by atoms with van der Waals surface area (Å²) in [7, 11) is 3.05. The van der Waals surface area contributed by atoms with Crippen molar-refractivity contribution in [3.05, 3.63) is 23.3 Å². The van der Waals surface area contributed by atoms with Crippen molar-refractivity contribution < 1.29 is 28.9 Å². The molecular formula is C16H21NO6. The average Bonchev–Trinajstić information content (AvgIpc) is 2.54. The van der Waals surface area contributed by atoms with Crippen molar-refractivity contribution in [1.82, 2.24) is 4.90 Å². The maximum Gasteiger partial charge on any atom is 0.305 e. The van der Waals surface area contributed by atoms with Gasteiger partial charge in [-0.25, -0.2) is 0 Å². The number of hydrogen-bond donors (Lipinski definition) is 1. The molecule has 0 spiro atoms. The summed E-state index contributed by atoms with van der Waals surface area (Å²) in [6.07, 6.45) is -0.147. The zero-order chi connectivity index (χ0) is 17.0. The topological polar surface area (TPSA) is 85.3 Å². The molecule has 0 aliphatic carbocycles. The third-order valence-electron chi connectivity index (χ3n) is 3.90. The lowest BCUT2D eigenvalue weighted by atomic mass is 10.1. The molecule has 1 aliphatic heterocycles. The van der Waals surface area contributed by atoms with E-state index in [0.29, 0.717) is 30.2 Å². The van der Waals surface area contributed by atoms with Gasteiger partial charge in [0.2, 0.25) is 0 Å². The number of carboxylic acid groups (broad SMARTS) is 1. The first-order chi connectivity index (χ1) is 11.0. The van der Waals surface area contributed by atoms with Crippen LogP contribution in [0.3, 0.4) is 0 Å². The lowest BCUT2D eigenvalue weighted by molar-refractivity contribution is -0.139. The van der Waals surface area contributed by atoms with Crippen LogP contribution in [0.1, 0.15) is 22.3 Å². The van der Waals surface area contributed by atoms with E-state index in [2.05, 4.69) is 0 Å². The molecule has 1 N–H and O–H groups in total. The number of ether oxygens (including phenoxy) is 3. The minimum Gasteiger partial charge on any atom is -0.496 e. The molecule has 23 heavy (non-hydrogen) atoms. The molecule has 0 saturated carbocycles. The van der Waals surface area contributed by atoms with Crippen LogP contribution in [0.15, 0.2) is 12.1 Å². The maximum atomic E-state index is 12.8. The third kappa shape index (κ3) is 3.73. The van der Waals surface area contributed by atoms with Gasteiger partial charge in [0.25, 0.3) is 5.91 Å². The number of benzene rings is 1. The van der Waals surface area contributed by atoms with E-state index < -0.39 is 12.0 Å². The van der Waals surface area contributed by atoms with Gasteiger partial charge in [-0.05, 0) is 19.1 Å². The Morgan fingerprint density at radius 3 is 2.43 bits per heavy atom. The Kier molecular flexibility index (Phi) is 5.44. The smallest absolute Gasteiger partial charge is 0.305 e. The van der Waals surface area contributed by atoms with Crippen molar-refractivity contribution in [2.45, 2.75) is 19.4 Å². The molecule has 1 amide bonds. The van der Waals surface area contributed by atoms with Crippen molar-refractivity contribution in [1.29, 1.82) is 0 Å². The number of carbonyl (C=O) groups is 2. The first kappa shape index (κ1) is 17.1. The fourth-order valence-corrected chi connectivity index (χ4v) is 2.67. The summed E-state index contributed by atoms with van der Waals surface area (Å²) in [6.45, 7) is 2.81. The fraction of sp³-hybridized carbons (Fsp3) is 0.500. The molecule has 1 aromatic carbocycles. The van der Waals surface area contributed by atoms with Crippen molar-refractivity contribution in [2.24, 2.45) is 0 Å². The standard InChI is InChI=1S/C16H21NO6/c1-10-13(21-2)6-11(7-14(10)22-3)16(20)17-4-5-23-9-12(17)8-15(18)19/h6-7,12H,4-5,8-9H2,1-3H3,(H,18,19). The Hall–Kier alpha value is -2.28. The molecule has 1 fully saturated rings. The van der Waals surface area contributed by atoms with E-state index in [1.54, 1.807) is 17.0 Å². The summed E-state index contributed by atoms with van der Waals surface area (Å²) in [5.41, 5.74) is 1.21. The number of methoxy groups -OCH3 is 2. The number of hydrogen-bond acceptors (Lipinski definition) is 5. The van der Waals surface area contributed by atoms with Gasteiger partial charge in [0.1, 0.15) is 11.5 Å². The van der Waals surface area contributed by atoms with Crippen molar-refractivity contribution in [2.75, 3.05) is 34.0 Å². The second kappa shape index (κ2) is 7.32. The third-order valence-corrected chi connectivity index (χ3v) is 3.90. The molecule has 0 aromatic heterocycles. The summed E-state index contributed by atoms with van der Waals surface area (Å²) in [4.78, 5) is 25.3. The summed E-state index contributed by atoms with van der Waals surface area (Å²) < 4.78 is 15.9. The Morgan fingerprint density at radius 1 is 1.30 bits per heavy atom. The highest BCUT2D eigenvalue weighted by Gasteiger charge is 2.30. The minimum absolute atomic E-state index is 0.147. The van der Waals surface area contributed by atoms with E-state index in [1.165, 1.54) is 14.2 Å². The number of aliphatic carboxylic acids is 1. The molecule has 126 valence electrons. The van der Waals surface area contributed by atoms with Crippen LogP contribution in [0.25, 0.3) is 0 Å². The maximum absolute atomic E-state index is 12.8. The van der Waals surface area contributed by atoms with E-state index in [9.17, 15) is 9.59 Å². The molecule has 0 bridgehead atoms. The molecule has 7 nitrogen and oxygen atoms in total. The summed E-state index contributed by atoms with van der Waals surface area (Å²) in [5, 5.41) is 9.00. The molecule has 2 rings (SSSR count). The largest absolute Gasteiger partial charge is 0.496 e. The SMILES string of the molecule is COc1cc(C(=O)N2CCOCC2CC(=O)O)cc(OC)c1C. The monoisotopic (exact) mass is 323 g/mol. The second-order valence-corrected chi connectivity index (χ2v) is 5.33. The molecule has 1 saturated heterocycles. The van der Waals surface area contributed by atoms with E-state index in [4.69, 9.17) is 19.3 Å². The van der Waals surface area contributed by atoms with Gasteiger partial charge in [-0.3, -0.25) is 9.59 Å². The van der Waals surface area contributed by atoms with Gasteiger partial charge in [0.15, 0.2) is 0 Å². The van der Waals surface area contributed by atoms with Crippen LogP contribution in [0.5, 0.6) is 11.5 Å².